The molecule has 0 spiro atoms. The molecule has 3 N–H and O–H groups in total. The van der Waals surface area contributed by atoms with E-state index in [1.54, 1.807) is 12.1 Å². The molecule has 140 valence electrons. The first-order valence-corrected chi connectivity index (χ1v) is 7.53. The van der Waals surface area contributed by atoms with Crippen molar-refractivity contribution in [1.29, 1.82) is 0 Å². The molecule has 0 fully saturated rings. The highest BCUT2D eigenvalue weighted by molar-refractivity contribution is 6.05. The number of primary amides is 1. The van der Waals surface area contributed by atoms with Gasteiger partial charge in [-0.15, -0.1) is 0 Å². The predicted molar refractivity (Wildman–Crippen MR) is 93.5 cm³/mol. The molecule has 0 bridgehead atoms. The summed E-state index contributed by atoms with van der Waals surface area (Å²) in [5, 5.41) is 24.3. The number of anilines is 1. The quantitative estimate of drug-likeness (QED) is 0.526. The zero-order valence-electron chi connectivity index (χ0n) is 13.8. The monoisotopic (exact) mass is 374 g/mol. The van der Waals surface area contributed by atoms with Gasteiger partial charge < -0.3 is 15.8 Å². The second kappa shape index (κ2) is 8.38. The van der Waals surface area contributed by atoms with Gasteiger partial charge in [-0.05, 0) is 12.1 Å². The number of carbonyl (C=O) groups is 2. The normalized spacial score (nSPS) is 10.1. The van der Waals surface area contributed by atoms with E-state index in [0.717, 1.165) is 18.2 Å². The van der Waals surface area contributed by atoms with E-state index < -0.39 is 33.0 Å². The molecule has 0 heterocycles. The predicted octanol–water partition coefficient (Wildman–Crippen LogP) is 2.01. The second-order valence-corrected chi connectivity index (χ2v) is 5.27. The highest BCUT2D eigenvalue weighted by Crippen LogP contribution is 2.27. The topological polar surface area (TPSA) is 168 Å². The van der Waals surface area contributed by atoms with E-state index in [9.17, 15) is 29.8 Å². The van der Waals surface area contributed by atoms with Crippen LogP contribution in [-0.2, 0) is 4.79 Å². The number of para-hydroxylation sites is 2. The van der Waals surface area contributed by atoms with Crippen LogP contribution in [0.25, 0.3) is 0 Å². The number of ether oxygens (including phenoxy) is 1. The molecule has 2 aromatic carbocycles. The minimum Gasteiger partial charge on any atom is -0.491 e. The second-order valence-electron chi connectivity index (χ2n) is 5.27. The summed E-state index contributed by atoms with van der Waals surface area (Å²) in [7, 11) is 0. The summed E-state index contributed by atoms with van der Waals surface area (Å²) < 4.78 is 5.38. The maximum Gasteiger partial charge on any atom is 0.277 e. The summed E-state index contributed by atoms with van der Waals surface area (Å²) in [6.45, 7) is -0.00943. The molecule has 27 heavy (non-hydrogen) atoms. The Morgan fingerprint density at radius 1 is 1.04 bits per heavy atom. The first kappa shape index (κ1) is 19.3. The van der Waals surface area contributed by atoms with Crippen LogP contribution in [0.2, 0.25) is 0 Å². The van der Waals surface area contributed by atoms with E-state index in [-0.39, 0.29) is 30.0 Å². The molecule has 2 rings (SSSR count). The zero-order chi connectivity index (χ0) is 20.0. The molecule has 11 heteroatoms. The smallest absolute Gasteiger partial charge is 0.277 e. The average Bonchev–Trinajstić information content (AvgIpc) is 2.62. The number of nitrogens with two attached hydrogens (primary N) is 1. The summed E-state index contributed by atoms with van der Waals surface area (Å²) in [4.78, 5) is 43.4. The molecule has 0 unspecified atom stereocenters. The number of nitro groups is 2. The van der Waals surface area contributed by atoms with Crippen molar-refractivity contribution in [3.63, 3.8) is 0 Å². The molecule has 0 atom stereocenters. The van der Waals surface area contributed by atoms with Crippen molar-refractivity contribution in [2.24, 2.45) is 5.73 Å². The van der Waals surface area contributed by atoms with Crippen LogP contribution in [-0.4, -0.2) is 28.3 Å². The van der Waals surface area contributed by atoms with Crippen molar-refractivity contribution >= 4 is 28.9 Å². The molecule has 11 nitrogen and oxygen atoms in total. The fourth-order valence-electron chi connectivity index (χ4n) is 2.09. The number of non-ortho nitro benzene ring substituents is 2. The van der Waals surface area contributed by atoms with Crippen LogP contribution in [0.1, 0.15) is 16.8 Å². The minimum absolute atomic E-state index is 0.00943. The fourth-order valence-corrected chi connectivity index (χ4v) is 2.09. The Bertz CT molecular complexity index is 881. The Hall–Kier alpha value is -4.02. The lowest BCUT2D eigenvalue weighted by Gasteiger charge is -2.12. The van der Waals surface area contributed by atoms with Gasteiger partial charge in [0.15, 0.2) is 0 Å². The highest BCUT2D eigenvalue weighted by atomic mass is 16.6. The van der Waals surface area contributed by atoms with Crippen LogP contribution >= 0.6 is 0 Å². The van der Waals surface area contributed by atoms with Gasteiger partial charge in [-0.3, -0.25) is 29.8 Å². The Morgan fingerprint density at radius 2 is 1.63 bits per heavy atom. The van der Waals surface area contributed by atoms with Crippen LogP contribution in [0.15, 0.2) is 42.5 Å². The standard InChI is InChI=1S/C16H14N4O7/c17-15(21)5-6-27-14-4-2-1-3-13(14)18-16(22)10-7-11(19(23)24)9-12(8-10)20(25)26/h1-4,7-9H,5-6H2,(H2,17,21)(H,18,22). The lowest BCUT2D eigenvalue weighted by atomic mass is 10.1. The first-order valence-electron chi connectivity index (χ1n) is 7.53. The Labute approximate surface area is 152 Å². The van der Waals surface area contributed by atoms with E-state index in [1.807, 2.05) is 0 Å². The van der Waals surface area contributed by atoms with Crippen LogP contribution in [0.4, 0.5) is 17.1 Å². The lowest BCUT2D eigenvalue weighted by molar-refractivity contribution is -0.394. The van der Waals surface area contributed by atoms with Gasteiger partial charge >= 0.3 is 0 Å². The van der Waals surface area contributed by atoms with Crippen molar-refractivity contribution in [1.82, 2.24) is 0 Å². The highest BCUT2D eigenvalue weighted by Gasteiger charge is 2.20. The number of carbonyl (C=O) groups excluding carboxylic acids is 2. The van der Waals surface area contributed by atoms with Crippen molar-refractivity contribution in [2.45, 2.75) is 6.42 Å². The molecule has 0 saturated carbocycles. The summed E-state index contributed by atoms with van der Waals surface area (Å²) in [5.74, 6) is -1.11. The fraction of sp³-hybridized carbons (Fsp3) is 0.125. The maximum absolute atomic E-state index is 12.4. The molecule has 0 aliphatic rings. The van der Waals surface area contributed by atoms with Crippen LogP contribution in [0.5, 0.6) is 5.75 Å². The largest absolute Gasteiger partial charge is 0.491 e. The lowest BCUT2D eigenvalue weighted by Crippen LogP contribution is -2.16. The number of nitrogens with one attached hydrogen (secondary N) is 1. The number of hydrogen-bond acceptors (Lipinski definition) is 7. The third-order valence-electron chi connectivity index (χ3n) is 3.33. The van der Waals surface area contributed by atoms with Crippen molar-refractivity contribution in [2.75, 3.05) is 11.9 Å². The van der Waals surface area contributed by atoms with E-state index in [2.05, 4.69) is 5.32 Å². The number of amides is 2. The van der Waals surface area contributed by atoms with Crippen LogP contribution in [0, 0.1) is 20.2 Å². The van der Waals surface area contributed by atoms with Crippen molar-refractivity contribution in [3.8, 4) is 5.75 Å². The summed E-state index contributed by atoms with van der Waals surface area (Å²) in [6, 6.07) is 8.89. The van der Waals surface area contributed by atoms with E-state index in [4.69, 9.17) is 10.5 Å². The van der Waals surface area contributed by atoms with Crippen LogP contribution < -0.4 is 15.8 Å². The molecule has 2 aromatic rings. The van der Waals surface area contributed by atoms with Gasteiger partial charge in [0, 0.05) is 12.1 Å². The van der Waals surface area contributed by atoms with Gasteiger partial charge in [0.05, 0.1) is 40.2 Å². The van der Waals surface area contributed by atoms with Gasteiger partial charge in [0.1, 0.15) is 5.75 Å². The molecule has 0 aliphatic carbocycles. The SMILES string of the molecule is NC(=O)CCOc1ccccc1NC(=O)c1cc([N+](=O)[O-])cc([N+](=O)[O-])c1. The zero-order valence-corrected chi connectivity index (χ0v) is 13.8. The average molecular weight is 374 g/mol. The molecule has 0 aromatic heterocycles. The molecule has 0 radical (unpaired) electrons. The number of benzene rings is 2. The Morgan fingerprint density at radius 3 is 2.19 bits per heavy atom. The molecular formula is C16H14N4O7. The van der Waals surface area contributed by atoms with Gasteiger partial charge in [-0.2, -0.15) is 0 Å². The molecule has 0 aliphatic heterocycles. The van der Waals surface area contributed by atoms with E-state index in [0.29, 0.717) is 0 Å². The third-order valence-corrected chi connectivity index (χ3v) is 3.33. The summed E-state index contributed by atoms with van der Waals surface area (Å²) in [5.41, 5.74) is 3.83. The van der Waals surface area contributed by atoms with Gasteiger partial charge in [-0.1, -0.05) is 12.1 Å². The van der Waals surface area contributed by atoms with Gasteiger partial charge in [0.2, 0.25) is 5.91 Å². The first-order chi connectivity index (χ1) is 12.8. The summed E-state index contributed by atoms with van der Waals surface area (Å²) >= 11 is 0. The van der Waals surface area contributed by atoms with Gasteiger partial charge in [0.25, 0.3) is 17.3 Å². The van der Waals surface area contributed by atoms with Crippen molar-refractivity contribution in [3.05, 3.63) is 68.3 Å². The Balaban J connectivity index is 2.26. The number of hydrogen-bond donors (Lipinski definition) is 2. The molecule has 2 amide bonds. The minimum atomic E-state index is -0.829. The molecule has 0 saturated heterocycles. The van der Waals surface area contributed by atoms with Gasteiger partial charge in [-0.25, -0.2) is 0 Å². The number of rotatable bonds is 8. The van der Waals surface area contributed by atoms with E-state index >= 15 is 0 Å². The molecular weight excluding hydrogens is 360 g/mol. The number of nitrogens with zero attached hydrogens (tertiary/aromatic N) is 2. The van der Waals surface area contributed by atoms with Crippen molar-refractivity contribution < 1.29 is 24.2 Å². The third kappa shape index (κ3) is 5.22. The summed E-state index contributed by atoms with van der Waals surface area (Å²) in [6.07, 6.45) is -0.0284. The van der Waals surface area contributed by atoms with Crippen LogP contribution in [0.3, 0.4) is 0 Å². The maximum atomic E-state index is 12.4. The van der Waals surface area contributed by atoms with E-state index in [1.165, 1.54) is 12.1 Å². The number of nitro benzene ring substituents is 2. The Kier molecular flexibility index (Phi) is 5.99.